The number of benzene rings is 1. The quantitative estimate of drug-likeness (QED) is 0.577. The number of hydrogen-bond donors (Lipinski definition) is 2. The largest absolute Gasteiger partial charge is 0.493 e. The molecule has 0 aliphatic carbocycles. The van der Waals surface area contributed by atoms with E-state index in [0.29, 0.717) is 30.2 Å². The van der Waals surface area contributed by atoms with E-state index in [4.69, 9.17) is 4.74 Å². The van der Waals surface area contributed by atoms with Crippen molar-refractivity contribution in [1.29, 1.82) is 0 Å². The molecular weight excluding hydrogens is 414 g/mol. The van der Waals surface area contributed by atoms with Gasteiger partial charge in [-0.2, -0.15) is 0 Å². The predicted octanol–water partition coefficient (Wildman–Crippen LogP) is 1.65. The van der Waals surface area contributed by atoms with Gasteiger partial charge in [-0.1, -0.05) is 13.0 Å². The number of nitrogens with zero attached hydrogens (tertiary/aromatic N) is 3. The standard InChI is InChI=1S/C22H25N5O5/c1-5-14-11-23-20-18(19(14)32-6-2)21(30)27(22(31)26(20)4)12-17(29)25-16-9-7-8-15(10-16)24-13(3)28/h7-11H,5-6,12H2,1-4H3,(H,24,28)(H,25,29). The lowest BCUT2D eigenvalue weighted by atomic mass is 10.1. The van der Waals surface area contributed by atoms with Crippen molar-refractivity contribution in [1.82, 2.24) is 14.1 Å². The molecule has 10 heteroatoms. The van der Waals surface area contributed by atoms with Crippen molar-refractivity contribution < 1.29 is 14.3 Å². The van der Waals surface area contributed by atoms with Crippen LogP contribution < -0.4 is 26.6 Å². The van der Waals surface area contributed by atoms with Crippen LogP contribution in [-0.2, 0) is 29.6 Å². The van der Waals surface area contributed by atoms with Crippen molar-refractivity contribution in [2.45, 2.75) is 33.7 Å². The van der Waals surface area contributed by atoms with Crippen LogP contribution in [0.3, 0.4) is 0 Å². The number of ether oxygens (including phenoxy) is 1. The first-order valence-electron chi connectivity index (χ1n) is 10.2. The third-order valence-corrected chi connectivity index (χ3v) is 4.82. The molecule has 0 atom stereocenters. The van der Waals surface area contributed by atoms with Crippen LogP contribution in [0.15, 0.2) is 40.1 Å². The van der Waals surface area contributed by atoms with E-state index in [1.54, 1.807) is 37.4 Å². The second-order valence-electron chi connectivity index (χ2n) is 7.14. The Kier molecular flexibility index (Phi) is 6.72. The molecule has 2 amide bonds. The molecule has 3 rings (SSSR count). The Labute approximate surface area is 183 Å². The van der Waals surface area contributed by atoms with E-state index < -0.39 is 23.7 Å². The van der Waals surface area contributed by atoms with Crippen molar-refractivity contribution in [2.24, 2.45) is 7.05 Å². The molecule has 10 nitrogen and oxygen atoms in total. The van der Waals surface area contributed by atoms with Crippen LogP contribution in [0.2, 0.25) is 0 Å². The lowest BCUT2D eigenvalue weighted by Crippen LogP contribution is -2.42. The van der Waals surface area contributed by atoms with Gasteiger partial charge in [0, 0.05) is 37.1 Å². The number of fused-ring (bicyclic) bond motifs is 1. The number of carbonyl (C=O) groups is 2. The highest BCUT2D eigenvalue weighted by atomic mass is 16.5. The Morgan fingerprint density at radius 3 is 2.44 bits per heavy atom. The van der Waals surface area contributed by atoms with Crippen molar-refractivity contribution in [2.75, 3.05) is 17.2 Å². The minimum atomic E-state index is -0.663. The monoisotopic (exact) mass is 439 g/mol. The van der Waals surface area contributed by atoms with E-state index in [-0.39, 0.29) is 16.9 Å². The summed E-state index contributed by atoms with van der Waals surface area (Å²) in [7, 11) is 1.49. The van der Waals surface area contributed by atoms with Crippen molar-refractivity contribution >= 4 is 34.2 Å². The molecule has 168 valence electrons. The van der Waals surface area contributed by atoms with E-state index >= 15 is 0 Å². The molecule has 2 heterocycles. The normalized spacial score (nSPS) is 10.8. The van der Waals surface area contributed by atoms with Gasteiger partial charge in [0.05, 0.1) is 6.61 Å². The fourth-order valence-electron chi connectivity index (χ4n) is 3.39. The number of aryl methyl sites for hydroxylation is 2. The molecular formula is C22H25N5O5. The van der Waals surface area contributed by atoms with Gasteiger partial charge >= 0.3 is 5.69 Å². The van der Waals surface area contributed by atoms with E-state index in [2.05, 4.69) is 15.6 Å². The summed E-state index contributed by atoms with van der Waals surface area (Å²) in [5.74, 6) is -0.441. The third-order valence-electron chi connectivity index (χ3n) is 4.82. The van der Waals surface area contributed by atoms with E-state index in [1.165, 1.54) is 18.5 Å². The number of amides is 2. The Morgan fingerprint density at radius 1 is 1.12 bits per heavy atom. The molecule has 32 heavy (non-hydrogen) atoms. The Balaban J connectivity index is 2.01. The number of nitrogens with one attached hydrogen (secondary N) is 2. The minimum absolute atomic E-state index is 0.161. The molecule has 2 aromatic heterocycles. The second kappa shape index (κ2) is 9.46. The molecule has 0 aliphatic rings. The average Bonchev–Trinajstić information content (AvgIpc) is 2.75. The van der Waals surface area contributed by atoms with Crippen molar-refractivity contribution in [3.8, 4) is 5.75 Å². The molecule has 2 N–H and O–H groups in total. The number of pyridine rings is 1. The Bertz CT molecular complexity index is 1310. The maximum absolute atomic E-state index is 13.2. The first-order valence-corrected chi connectivity index (χ1v) is 10.2. The van der Waals surface area contributed by atoms with Crippen LogP contribution in [0.4, 0.5) is 11.4 Å². The zero-order chi connectivity index (χ0) is 23.4. The molecule has 0 spiro atoms. The third kappa shape index (κ3) is 4.53. The van der Waals surface area contributed by atoms with Crippen molar-refractivity contribution in [3.05, 3.63) is 56.9 Å². The lowest BCUT2D eigenvalue weighted by molar-refractivity contribution is -0.117. The number of carbonyl (C=O) groups excluding carboxylic acids is 2. The maximum atomic E-state index is 13.2. The number of rotatable bonds is 7. The fraction of sp³-hybridized carbons (Fsp3) is 0.318. The van der Waals surface area contributed by atoms with Gasteiger partial charge in [-0.3, -0.25) is 19.0 Å². The molecule has 0 bridgehead atoms. The fourth-order valence-corrected chi connectivity index (χ4v) is 3.39. The van der Waals surface area contributed by atoms with Crippen LogP contribution in [0.25, 0.3) is 11.0 Å². The summed E-state index contributed by atoms with van der Waals surface area (Å²) in [5, 5.41) is 5.43. The first-order chi connectivity index (χ1) is 15.3. The number of anilines is 2. The minimum Gasteiger partial charge on any atom is -0.493 e. The van der Waals surface area contributed by atoms with Gasteiger partial charge in [0.2, 0.25) is 11.8 Å². The summed E-state index contributed by atoms with van der Waals surface area (Å²) in [4.78, 5) is 54.2. The number of hydrogen-bond acceptors (Lipinski definition) is 6. The van der Waals surface area contributed by atoms with E-state index in [0.717, 1.165) is 10.1 Å². The number of aromatic nitrogens is 3. The molecule has 0 saturated carbocycles. The molecule has 1 aromatic carbocycles. The van der Waals surface area contributed by atoms with E-state index in [1.807, 2.05) is 6.92 Å². The summed E-state index contributed by atoms with van der Waals surface area (Å²) < 4.78 is 7.80. The molecule has 0 fully saturated rings. The first kappa shape index (κ1) is 22.7. The highest BCUT2D eigenvalue weighted by Gasteiger charge is 2.20. The summed E-state index contributed by atoms with van der Waals surface area (Å²) in [5.41, 5.74) is 0.548. The maximum Gasteiger partial charge on any atom is 0.332 e. The van der Waals surface area contributed by atoms with Crippen LogP contribution in [0.1, 0.15) is 26.3 Å². The zero-order valence-corrected chi connectivity index (χ0v) is 18.4. The summed E-state index contributed by atoms with van der Waals surface area (Å²) in [6.07, 6.45) is 2.18. The van der Waals surface area contributed by atoms with Gasteiger partial charge in [-0.15, -0.1) is 0 Å². The van der Waals surface area contributed by atoms with Gasteiger partial charge in [-0.25, -0.2) is 14.3 Å². The van der Waals surface area contributed by atoms with Crippen LogP contribution in [-0.4, -0.2) is 32.5 Å². The molecule has 0 saturated heterocycles. The highest BCUT2D eigenvalue weighted by Crippen LogP contribution is 2.25. The average molecular weight is 439 g/mol. The van der Waals surface area contributed by atoms with Crippen LogP contribution in [0.5, 0.6) is 5.75 Å². The van der Waals surface area contributed by atoms with Crippen LogP contribution >= 0.6 is 0 Å². The Hall–Kier alpha value is -3.95. The van der Waals surface area contributed by atoms with E-state index in [9.17, 15) is 19.2 Å². The zero-order valence-electron chi connectivity index (χ0n) is 18.4. The topological polar surface area (TPSA) is 124 Å². The smallest absolute Gasteiger partial charge is 0.332 e. The lowest BCUT2D eigenvalue weighted by Gasteiger charge is -2.15. The van der Waals surface area contributed by atoms with Crippen LogP contribution in [0, 0.1) is 0 Å². The van der Waals surface area contributed by atoms with Crippen molar-refractivity contribution in [3.63, 3.8) is 0 Å². The Morgan fingerprint density at radius 2 is 1.81 bits per heavy atom. The highest BCUT2D eigenvalue weighted by molar-refractivity contribution is 5.93. The van der Waals surface area contributed by atoms with Gasteiger partial charge in [-0.05, 0) is 31.5 Å². The predicted molar refractivity (Wildman–Crippen MR) is 121 cm³/mol. The summed E-state index contributed by atoms with van der Waals surface area (Å²) in [6.45, 7) is 4.93. The summed E-state index contributed by atoms with van der Waals surface area (Å²) >= 11 is 0. The van der Waals surface area contributed by atoms with Gasteiger partial charge < -0.3 is 15.4 Å². The van der Waals surface area contributed by atoms with Gasteiger partial charge in [0.25, 0.3) is 5.56 Å². The second-order valence-corrected chi connectivity index (χ2v) is 7.14. The molecule has 0 unspecified atom stereocenters. The molecule has 0 radical (unpaired) electrons. The van der Waals surface area contributed by atoms with Gasteiger partial charge in [0.1, 0.15) is 17.7 Å². The summed E-state index contributed by atoms with van der Waals surface area (Å²) in [6, 6.07) is 6.54. The molecule has 3 aromatic rings. The van der Waals surface area contributed by atoms with Gasteiger partial charge in [0.15, 0.2) is 5.65 Å². The molecule has 0 aliphatic heterocycles. The SMILES string of the molecule is CCOc1c(CC)cnc2c1c(=O)n(CC(=O)Nc1cccc(NC(C)=O)c1)c(=O)n2C.